The Labute approximate surface area is 120 Å². The number of aromatic nitrogens is 3. The van der Waals surface area contributed by atoms with E-state index in [0.29, 0.717) is 5.02 Å². The van der Waals surface area contributed by atoms with E-state index in [-0.39, 0.29) is 0 Å². The van der Waals surface area contributed by atoms with E-state index in [9.17, 15) is 0 Å². The van der Waals surface area contributed by atoms with E-state index < -0.39 is 0 Å². The predicted octanol–water partition coefficient (Wildman–Crippen LogP) is 4.20. The fraction of sp³-hybridized carbons (Fsp3) is 0. The minimum absolute atomic E-state index is 0.702. The van der Waals surface area contributed by atoms with Gasteiger partial charge in [0.15, 0.2) is 0 Å². The van der Waals surface area contributed by atoms with Crippen LogP contribution in [0.5, 0.6) is 0 Å². The molecule has 4 rings (SSSR count). The molecule has 0 aliphatic heterocycles. The molecule has 0 atom stereocenters. The minimum Gasteiger partial charge on any atom is -0.256 e. The second-order valence-electron chi connectivity index (χ2n) is 4.64. The highest BCUT2D eigenvalue weighted by atomic mass is 35.5. The van der Waals surface area contributed by atoms with Crippen LogP contribution in [0.2, 0.25) is 5.02 Å². The predicted molar refractivity (Wildman–Crippen MR) is 80.9 cm³/mol. The maximum Gasteiger partial charge on any atom is 0.0723 e. The molecule has 0 saturated carbocycles. The number of halogens is 1. The van der Waals surface area contributed by atoms with E-state index in [4.69, 9.17) is 11.6 Å². The van der Waals surface area contributed by atoms with E-state index in [2.05, 4.69) is 22.2 Å². The number of pyridine rings is 2. The van der Waals surface area contributed by atoms with Gasteiger partial charge in [0.25, 0.3) is 0 Å². The van der Waals surface area contributed by atoms with Crippen molar-refractivity contribution in [3.05, 3.63) is 66.1 Å². The van der Waals surface area contributed by atoms with Crippen LogP contribution in [0.4, 0.5) is 0 Å². The van der Waals surface area contributed by atoms with Gasteiger partial charge in [0.2, 0.25) is 0 Å². The molecule has 3 nitrogen and oxygen atoms in total. The minimum atomic E-state index is 0.702. The average molecular weight is 280 g/mol. The van der Waals surface area contributed by atoms with Crippen molar-refractivity contribution in [2.45, 2.75) is 0 Å². The second kappa shape index (κ2) is 4.32. The van der Waals surface area contributed by atoms with Crippen LogP contribution >= 0.6 is 11.6 Å². The Morgan fingerprint density at radius 1 is 0.950 bits per heavy atom. The molecule has 0 unspecified atom stereocenters. The van der Waals surface area contributed by atoms with Gasteiger partial charge in [0.1, 0.15) is 0 Å². The van der Waals surface area contributed by atoms with Crippen LogP contribution in [0, 0.1) is 0 Å². The van der Waals surface area contributed by atoms with Gasteiger partial charge in [-0.3, -0.25) is 4.98 Å². The Kier molecular flexibility index (Phi) is 2.47. The standard InChI is InChI=1S/C16H10ClN3/c17-12-1-2-15-14(4-6-18-16(15)10-12)11-5-8-20-13(9-11)3-7-19-20/h1-10H. The smallest absolute Gasteiger partial charge is 0.0723 e. The Balaban J connectivity index is 2.01. The van der Waals surface area contributed by atoms with Crippen LogP contribution in [-0.4, -0.2) is 14.6 Å². The summed E-state index contributed by atoms with van der Waals surface area (Å²) in [5.41, 5.74) is 4.27. The Hall–Kier alpha value is -2.39. The van der Waals surface area contributed by atoms with Gasteiger partial charge >= 0.3 is 0 Å². The molecule has 1 aromatic carbocycles. The van der Waals surface area contributed by atoms with E-state index >= 15 is 0 Å². The monoisotopic (exact) mass is 279 g/mol. The highest BCUT2D eigenvalue weighted by molar-refractivity contribution is 6.31. The summed E-state index contributed by atoms with van der Waals surface area (Å²) in [4.78, 5) is 4.38. The summed E-state index contributed by atoms with van der Waals surface area (Å²) in [6.07, 6.45) is 5.57. The number of hydrogen-bond acceptors (Lipinski definition) is 2. The lowest BCUT2D eigenvalue weighted by Crippen LogP contribution is -1.88. The maximum atomic E-state index is 6.03. The van der Waals surface area contributed by atoms with Gasteiger partial charge in [0.05, 0.1) is 11.0 Å². The van der Waals surface area contributed by atoms with Crippen LogP contribution in [0.15, 0.2) is 61.1 Å². The average Bonchev–Trinajstić information content (AvgIpc) is 2.93. The summed E-state index contributed by atoms with van der Waals surface area (Å²) in [6, 6.07) is 14.0. The lowest BCUT2D eigenvalue weighted by molar-refractivity contribution is 0.962. The molecule has 96 valence electrons. The van der Waals surface area contributed by atoms with Gasteiger partial charge in [-0.25, -0.2) is 4.52 Å². The first-order valence-electron chi connectivity index (χ1n) is 6.29. The number of hydrogen-bond donors (Lipinski definition) is 0. The lowest BCUT2D eigenvalue weighted by Gasteiger charge is -2.07. The maximum absolute atomic E-state index is 6.03. The number of fused-ring (bicyclic) bond motifs is 2. The van der Waals surface area contributed by atoms with Gasteiger partial charge in [-0.2, -0.15) is 5.10 Å². The van der Waals surface area contributed by atoms with Gasteiger partial charge in [-0.1, -0.05) is 17.7 Å². The largest absolute Gasteiger partial charge is 0.256 e. The van der Waals surface area contributed by atoms with Gasteiger partial charge in [0, 0.05) is 29.0 Å². The van der Waals surface area contributed by atoms with Crippen LogP contribution in [0.3, 0.4) is 0 Å². The van der Waals surface area contributed by atoms with Crippen molar-refractivity contribution >= 4 is 28.0 Å². The first-order chi connectivity index (χ1) is 9.81. The molecule has 20 heavy (non-hydrogen) atoms. The third-order valence-electron chi connectivity index (χ3n) is 3.42. The molecular weight excluding hydrogens is 270 g/mol. The molecule has 0 aliphatic carbocycles. The summed E-state index contributed by atoms with van der Waals surface area (Å²) in [6.45, 7) is 0. The number of rotatable bonds is 1. The van der Waals surface area contributed by atoms with E-state index in [1.807, 2.05) is 47.2 Å². The van der Waals surface area contributed by atoms with Crippen molar-refractivity contribution in [1.82, 2.24) is 14.6 Å². The fourth-order valence-corrected chi connectivity index (χ4v) is 2.63. The molecule has 0 spiro atoms. The molecule has 0 amide bonds. The van der Waals surface area contributed by atoms with Crippen LogP contribution in [0.25, 0.3) is 27.5 Å². The summed E-state index contributed by atoms with van der Waals surface area (Å²) in [5.74, 6) is 0. The Morgan fingerprint density at radius 2 is 1.90 bits per heavy atom. The molecular formula is C16H10ClN3. The normalized spacial score (nSPS) is 11.2. The first-order valence-corrected chi connectivity index (χ1v) is 6.67. The van der Waals surface area contributed by atoms with Crippen LogP contribution in [-0.2, 0) is 0 Å². The molecule has 0 aliphatic rings. The number of nitrogens with zero attached hydrogens (tertiary/aromatic N) is 3. The van der Waals surface area contributed by atoms with Crippen molar-refractivity contribution in [2.24, 2.45) is 0 Å². The van der Waals surface area contributed by atoms with Gasteiger partial charge < -0.3 is 0 Å². The third-order valence-corrected chi connectivity index (χ3v) is 3.65. The highest BCUT2D eigenvalue weighted by Crippen LogP contribution is 2.29. The van der Waals surface area contributed by atoms with Gasteiger partial charge in [-0.15, -0.1) is 0 Å². The Morgan fingerprint density at radius 3 is 2.85 bits per heavy atom. The highest BCUT2D eigenvalue weighted by Gasteiger charge is 2.06. The fourth-order valence-electron chi connectivity index (χ4n) is 2.46. The zero-order valence-electron chi connectivity index (χ0n) is 10.5. The second-order valence-corrected chi connectivity index (χ2v) is 5.07. The molecule has 0 radical (unpaired) electrons. The molecule has 0 bridgehead atoms. The topological polar surface area (TPSA) is 30.2 Å². The summed E-state index contributed by atoms with van der Waals surface area (Å²) >= 11 is 6.03. The van der Waals surface area contributed by atoms with Crippen LogP contribution < -0.4 is 0 Å². The van der Waals surface area contributed by atoms with E-state index in [1.165, 1.54) is 0 Å². The summed E-state index contributed by atoms with van der Waals surface area (Å²) in [7, 11) is 0. The zero-order valence-corrected chi connectivity index (χ0v) is 11.2. The quantitative estimate of drug-likeness (QED) is 0.523. The first kappa shape index (κ1) is 11.4. The molecule has 4 heteroatoms. The summed E-state index contributed by atoms with van der Waals surface area (Å²) in [5, 5.41) is 6.01. The molecule has 3 aromatic heterocycles. The van der Waals surface area contributed by atoms with Crippen molar-refractivity contribution < 1.29 is 0 Å². The summed E-state index contributed by atoms with van der Waals surface area (Å²) < 4.78 is 1.85. The van der Waals surface area contributed by atoms with E-state index in [0.717, 1.165) is 27.5 Å². The third kappa shape index (κ3) is 1.75. The molecule has 0 fully saturated rings. The molecule has 4 aromatic rings. The molecule has 0 N–H and O–H groups in total. The molecule has 3 heterocycles. The SMILES string of the molecule is Clc1ccc2c(-c3ccn4nccc4c3)ccnc2c1. The number of benzene rings is 1. The van der Waals surface area contributed by atoms with Crippen molar-refractivity contribution in [3.8, 4) is 11.1 Å². The molecule has 0 saturated heterocycles. The lowest BCUT2D eigenvalue weighted by atomic mass is 10.0. The zero-order chi connectivity index (χ0) is 13.5. The van der Waals surface area contributed by atoms with E-state index in [1.54, 1.807) is 6.20 Å². The van der Waals surface area contributed by atoms with Crippen molar-refractivity contribution in [2.75, 3.05) is 0 Å². The van der Waals surface area contributed by atoms with Crippen molar-refractivity contribution in [3.63, 3.8) is 0 Å². The van der Waals surface area contributed by atoms with Crippen molar-refractivity contribution in [1.29, 1.82) is 0 Å². The Bertz CT molecular complexity index is 927. The van der Waals surface area contributed by atoms with Crippen LogP contribution in [0.1, 0.15) is 0 Å². The van der Waals surface area contributed by atoms with Gasteiger partial charge in [-0.05, 0) is 47.5 Å².